The van der Waals surface area contributed by atoms with E-state index in [-0.39, 0.29) is 12.6 Å². The van der Waals surface area contributed by atoms with Gasteiger partial charge in [-0.3, -0.25) is 9.98 Å². The summed E-state index contributed by atoms with van der Waals surface area (Å²) in [6.07, 6.45) is 3.34. The average Bonchev–Trinajstić information content (AvgIpc) is 3.37. The SMILES string of the molecule is CCOC(CN=Cc1cc(C)cs1)OCC.CCOC(CN=Cc1sccc1C)OCC. The van der Waals surface area contributed by atoms with E-state index in [0.717, 1.165) is 0 Å². The van der Waals surface area contributed by atoms with Gasteiger partial charge in [0.05, 0.1) is 13.1 Å². The standard InChI is InChI=1S/2C12H19NO2S/c1-4-14-12(15-5-2)8-13-7-11-6-10(3)9-16-11;1-4-14-12(15-5-2)9-13-8-11-10(3)6-7-16-11/h6-7,9,12H,4-5,8H2,1-3H3;6-8,12H,4-5,9H2,1-3H3. The highest BCUT2D eigenvalue weighted by molar-refractivity contribution is 7.12. The van der Waals surface area contributed by atoms with Gasteiger partial charge in [-0.05, 0) is 75.6 Å². The molecule has 0 bridgehead atoms. The van der Waals surface area contributed by atoms with Crippen molar-refractivity contribution in [1.29, 1.82) is 0 Å². The van der Waals surface area contributed by atoms with E-state index in [0.29, 0.717) is 39.5 Å². The van der Waals surface area contributed by atoms with Crippen LogP contribution in [0, 0.1) is 13.8 Å². The summed E-state index contributed by atoms with van der Waals surface area (Å²) in [5, 5.41) is 4.18. The van der Waals surface area contributed by atoms with Gasteiger partial charge in [-0.2, -0.15) is 0 Å². The first-order valence-corrected chi connectivity index (χ1v) is 12.8. The minimum Gasteiger partial charge on any atom is -0.351 e. The van der Waals surface area contributed by atoms with E-state index in [1.165, 1.54) is 20.9 Å². The minimum atomic E-state index is -0.216. The van der Waals surface area contributed by atoms with Crippen LogP contribution in [-0.2, 0) is 18.9 Å². The number of ether oxygens (including phenoxy) is 4. The largest absolute Gasteiger partial charge is 0.351 e. The molecule has 180 valence electrons. The molecule has 2 aromatic heterocycles. The van der Waals surface area contributed by atoms with Gasteiger partial charge in [0.15, 0.2) is 12.6 Å². The molecule has 0 radical (unpaired) electrons. The number of hydrogen-bond donors (Lipinski definition) is 0. The van der Waals surface area contributed by atoms with E-state index >= 15 is 0 Å². The van der Waals surface area contributed by atoms with E-state index < -0.39 is 0 Å². The summed E-state index contributed by atoms with van der Waals surface area (Å²) in [6, 6.07) is 4.21. The molecule has 0 atom stereocenters. The highest BCUT2D eigenvalue weighted by Crippen LogP contribution is 2.13. The average molecular weight is 483 g/mol. The maximum Gasteiger partial charge on any atom is 0.176 e. The normalized spacial score (nSPS) is 11.8. The highest BCUT2D eigenvalue weighted by Gasteiger charge is 2.06. The second-order valence-electron chi connectivity index (χ2n) is 6.66. The molecule has 0 unspecified atom stereocenters. The van der Waals surface area contributed by atoms with Crippen LogP contribution in [0.5, 0.6) is 0 Å². The van der Waals surface area contributed by atoms with Gasteiger partial charge in [-0.15, -0.1) is 22.7 Å². The van der Waals surface area contributed by atoms with Gasteiger partial charge < -0.3 is 18.9 Å². The minimum absolute atomic E-state index is 0.215. The van der Waals surface area contributed by atoms with E-state index in [1.54, 1.807) is 22.7 Å². The van der Waals surface area contributed by atoms with Crippen molar-refractivity contribution in [2.75, 3.05) is 39.5 Å². The summed E-state index contributed by atoms with van der Waals surface area (Å²) in [4.78, 5) is 11.0. The second kappa shape index (κ2) is 18.1. The Morgan fingerprint density at radius 2 is 1.34 bits per heavy atom. The molecule has 0 N–H and O–H groups in total. The number of hydrogen-bond acceptors (Lipinski definition) is 8. The Labute approximate surface area is 201 Å². The van der Waals surface area contributed by atoms with Crippen molar-refractivity contribution in [3.8, 4) is 0 Å². The quantitative estimate of drug-likeness (QED) is 0.254. The molecular formula is C24H38N2O4S2. The molecular weight excluding hydrogens is 444 g/mol. The number of rotatable bonds is 14. The Morgan fingerprint density at radius 3 is 1.75 bits per heavy atom. The highest BCUT2D eigenvalue weighted by atomic mass is 32.1. The van der Waals surface area contributed by atoms with Crippen LogP contribution in [0.15, 0.2) is 32.9 Å². The van der Waals surface area contributed by atoms with E-state index in [2.05, 4.69) is 46.7 Å². The lowest BCUT2D eigenvalue weighted by atomic mass is 10.3. The first-order chi connectivity index (χ1) is 15.5. The molecule has 2 aromatic rings. The number of thiophene rings is 2. The van der Waals surface area contributed by atoms with Gasteiger partial charge in [-0.1, -0.05) is 0 Å². The molecule has 0 fully saturated rings. The first-order valence-electron chi connectivity index (χ1n) is 11.1. The zero-order chi connectivity index (χ0) is 23.6. The summed E-state index contributed by atoms with van der Waals surface area (Å²) in [5.41, 5.74) is 2.54. The molecule has 0 aliphatic carbocycles. The first kappa shape index (κ1) is 28.6. The van der Waals surface area contributed by atoms with Crippen LogP contribution in [0.25, 0.3) is 0 Å². The van der Waals surface area contributed by atoms with Gasteiger partial charge in [0.1, 0.15) is 0 Å². The van der Waals surface area contributed by atoms with Gasteiger partial charge in [0.2, 0.25) is 0 Å². The zero-order valence-corrected chi connectivity index (χ0v) is 21.8. The van der Waals surface area contributed by atoms with Gasteiger partial charge in [0.25, 0.3) is 0 Å². The fourth-order valence-corrected chi connectivity index (χ4v) is 4.13. The summed E-state index contributed by atoms with van der Waals surface area (Å²) in [7, 11) is 0. The molecule has 32 heavy (non-hydrogen) atoms. The summed E-state index contributed by atoms with van der Waals surface area (Å²) < 4.78 is 21.6. The van der Waals surface area contributed by atoms with Crippen molar-refractivity contribution in [2.24, 2.45) is 9.98 Å². The maximum absolute atomic E-state index is 5.40. The summed E-state index contributed by atoms with van der Waals surface area (Å²) >= 11 is 3.39. The second-order valence-corrected chi connectivity index (χ2v) is 8.55. The Hall–Kier alpha value is -1.42. The van der Waals surface area contributed by atoms with Crippen LogP contribution in [0.1, 0.15) is 48.6 Å². The van der Waals surface area contributed by atoms with Crippen molar-refractivity contribution < 1.29 is 18.9 Å². The van der Waals surface area contributed by atoms with E-state index in [9.17, 15) is 0 Å². The molecule has 2 heterocycles. The number of aliphatic imine (C=N–C) groups is 2. The monoisotopic (exact) mass is 482 g/mol. The number of aryl methyl sites for hydroxylation is 2. The van der Waals surface area contributed by atoms with Crippen LogP contribution < -0.4 is 0 Å². The number of nitrogens with zero attached hydrogens (tertiary/aromatic N) is 2. The lowest BCUT2D eigenvalue weighted by Gasteiger charge is -2.13. The molecule has 0 aliphatic rings. The van der Waals surface area contributed by atoms with Crippen molar-refractivity contribution in [1.82, 2.24) is 0 Å². The Kier molecular flexibility index (Phi) is 16.1. The molecule has 2 rings (SSSR count). The fraction of sp³-hybridized carbons (Fsp3) is 0.583. The third-order valence-electron chi connectivity index (χ3n) is 4.00. The third kappa shape index (κ3) is 12.6. The van der Waals surface area contributed by atoms with Crippen molar-refractivity contribution in [3.05, 3.63) is 43.8 Å². The van der Waals surface area contributed by atoms with Crippen LogP contribution in [0.4, 0.5) is 0 Å². The smallest absolute Gasteiger partial charge is 0.176 e. The topological polar surface area (TPSA) is 61.6 Å². The predicted octanol–water partition coefficient (Wildman–Crippen LogP) is 5.75. The maximum atomic E-state index is 5.40. The van der Waals surface area contributed by atoms with E-state index in [4.69, 9.17) is 18.9 Å². The molecule has 0 spiro atoms. The predicted molar refractivity (Wildman–Crippen MR) is 137 cm³/mol. The van der Waals surface area contributed by atoms with Crippen LogP contribution in [-0.4, -0.2) is 64.5 Å². The van der Waals surface area contributed by atoms with Crippen molar-refractivity contribution in [3.63, 3.8) is 0 Å². The molecule has 0 saturated heterocycles. The van der Waals surface area contributed by atoms with Gasteiger partial charge in [-0.25, -0.2) is 0 Å². The molecule has 6 nitrogen and oxygen atoms in total. The third-order valence-corrected chi connectivity index (χ3v) is 5.94. The molecule has 0 aromatic carbocycles. The van der Waals surface area contributed by atoms with Gasteiger partial charge in [0, 0.05) is 48.6 Å². The lowest BCUT2D eigenvalue weighted by molar-refractivity contribution is -0.128. The van der Waals surface area contributed by atoms with Crippen LogP contribution in [0.3, 0.4) is 0 Å². The van der Waals surface area contributed by atoms with Crippen LogP contribution >= 0.6 is 22.7 Å². The summed E-state index contributed by atoms with van der Waals surface area (Å²) in [6.45, 7) is 15.7. The lowest BCUT2D eigenvalue weighted by Crippen LogP contribution is -2.20. The van der Waals surface area contributed by atoms with Crippen molar-refractivity contribution >= 4 is 35.1 Å². The summed E-state index contributed by atoms with van der Waals surface area (Å²) in [5.74, 6) is 0. The van der Waals surface area contributed by atoms with Crippen molar-refractivity contribution in [2.45, 2.75) is 54.1 Å². The fourth-order valence-electron chi connectivity index (χ4n) is 2.54. The zero-order valence-electron chi connectivity index (χ0n) is 20.2. The Balaban J connectivity index is 0.000000320. The van der Waals surface area contributed by atoms with E-state index in [1.807, 2.05) is 40.1 Å². The Bertz CT molecular complexity index is 762. The molecule has 0 amide bonds. The molecule has 0 saturated carbocycles. The van der Waals surface area contributed by atoms with Crippen LogP contribution in [0.2, 0.25) is 0 Å². The Morgan fingerprint density at radius 1 is 0.812 bits per heavy atom. The van der Waals surface area contributed by atoms with Gasteiger partial charge >= 0.3 is 0 Å². The molecule has 0 aliphatic heterocycles. The molecule has 8 heteroatoms.